The Kier molecular flexibility index (Phi) is 2.36. The van der Waals surface area contributed by atoms with Gasteiger partial charge in [-0.2, -0.15) is 0 Å². The lowest BCUT2D eigenvalue weighted by atomic mass is 10.1. The lowest BCUT2D eigenvalue weighted by Crippen LogP contribution is -1.95. The zero-order valence-corrected chi connectivity index (χ0v) is 9.22. The van der Waals surface area contributed by atoms with E-state index in [9.17, 15) is 4.79 Å². The summed E-state index contributed by atoms with van der Waals surface area (Å²) in [6.45, 7) is 1.96. The summed E-state index contributed by atoms with van der Waals surface area (Å²) in [5.41, 5.74) is 1.07. The zero-order chi connectivity index (χ0) is 11.0. The minimum atomic E-state index is -0.938. The maximum absolute atomic E-state index is 11.0. The summed E-state index contributed by atoms with van der Waals surface area (Å²) in [5.74, 6) is -0.473. The van der Waals surface area contributed by atoms with Gasteiger partial charge >= 0.3 is 5.97 Å². The van der Waals surface area contributed by atoms with Gasteiger partial charge in [-0.15, -0.1) is 11.3 Å². The van der Waals surface area contributed by atoms with Gasteiger partial charge < -0.3 is 9.84 Å². The van der Waals surface area contributed by atoms with Crippen molar-refractivity contribution in [3.8, 4) is 5.75 Å². The molecular weight excluding hydrogens is 212 g/mol. The van der Waals surface area contributed by atoms with Crippen LogP contribution in [0.2, 0.25) is 0 Å². The van der Waals surface area contributed by atoms with Gasteiger partial charge in [0.1, 0.15) is 0 Å². The van der Waals surface area contributed by atoms with Crippen LogP contribution in [-0.2, 0) is 0 Å². The second kappa shape index (κ2) is 3.55. The number of carboxylic acid groups (broad SMARTS) is 1. The summed E-state index contributed by atoms with van der Waals surface area (Å²) in [7, 11) is 1.50. The van der Waals surface area contributed by atoms with Crippen LogP contribution in [0.5, 0.6) is 5.75 Å². The number of aryl methyl sites for hydroxylation is 1. The van der Waals surface area contributed by atoms with Crippen molar-refractivity contribution in [1.82, 2.24) is 0 Å². The van der Waals surface area contributed by atoms with Gasteiger partial charge in [-0.3, -0.25) is 0 Å². The molecule has 0 amide bonds. The fourth-order valence-electron chi connectivity index (χ4n) is 1.58. The summed E-state index contributed by atoms with van der Waals surface area (Å²) in [6, 6.07) is 5.74. The SMILES string of the molecule is COc1c(C(=O)O)sc2c(C)cccc12. The number of carboxylic acids is 1. The largest absolute Gasteiger partial charge is 0.494 e. The smallest absolute Gasteiger partial charge is 0.349 e. The highest BCUT2D eigenvalue weighted by Gasteiger charge is 2.18. The van der Waals surface area contributed by atoms with Gasteiger partial charge in [0.15, 0.2) is 10.6 Å². The molecule has 0 fully saturated rings. The van der Waals surface area contributed by atoms with Crippen LogP contribution in [-0.4, -0.2) is 18.2 Å². The minimum absolute atomic E-state index is 0.266. The molecule has 4 heteroatoms. The average molecular weight is 222 g/mol. The number of hydrogen-bond donors (Lipinski definition) is 1. The van der Waals surface area contributed by atoms with Gasteiger partial charge in [0, 0.05) is 10.1 Å². The normalized spacial score (nSPS) is 10.5. The van der Waals surface area contributed by atoms with E-state index in [1.807, 2.05) is 25.1 Å². The van der Waals surface area contributed by atoms with Gasteiger partial charge in [-0.05, 0) is 18.6 Å². The zero-order valence-electron chi connectivity index (χ0n) is 8.40. The molecule has 2 aromatic rings. The molecule has 3 nitrogen and oxygen atoms in total. The number of rotatable bonds is 2. The minimum Gasteiger partial charge on any atom is -0.494 e. The molecule has 0 unspecified atom stereocenters. The van der Waals surface area contributed by atoms with Crippen molar-refractivity contribution in [1.29, 1.82) is 0 Å². The van der Waals surface area contributed by atoms with Crippen molar-refractivity contribution in [2.24, 2.45) is 0 Å². The molecule has 0 aliphatic heterocycles. The second-order valence-corrected chi connectivity index (χ2v) is 4.24. The summed E-state index contributed by atoms with van der Waals surface area (Å²) in [4.78, 5) is 11.3. The molecule has 0 spiro atoms. The van der Waals surface area contributed by atoms with Gasteiger partial charge in [-0.25, -0.2) is 4.79 Å². The number of carbonyl (C=O) groups is 1. The maximum atomic E-state index is 11.0. The molecule has 15 heavy (non-hydrogen) atoms. The van der Waals surface area contributed by atoms with Crippen molar-refractivity contribution in [3.05, 3.63) is 28.6 Å². The number of benzene rings is 1. The highest BCUT2D eigenvalue weighted by Crippen LogP contribution is 2.38. The van der Waals surface area contributed by atoms with Gasteiger partial charge in [-0.1, -0.05) is 12.1 Å². The molecule has 0 saturated heterocycles. The van der Waals surface area contributed by atoms with Crippen LogP contribution < -0.4 is 4.74 Å². The van der Waals surface area contributed by atoms with E-state index in [2.05, 4.69) is 0 Å². The van der Waals surface area contributed by atoms with E-state index in [0.717, 1.165) is 15.6 Å². The van der Waals surface area contributed by atoms with Crippen LogP contribution in [0, 0.1) is 6.92 Å². The molecule has 1 aromatic heterocycles. The second-order valence-electron chi connectivity index (χ2n) is 3.22. The molecule has 2 rings (SSSR count). The van der Waals surface area contributed by atoms with Crippen molar-refractivity contribution in [2.75, 3.05) is 7.11 Å². The summed E-state index contributed by atoms with van der Waals surface area (Å²) < 4.78 is 6.12. The van der Waals surface area contributed by atoms with Crippen molar-refractivity contribution >= 4 is 27.4 Å². The highest BCUT2D eigenvalue weighted by atomic mass is 32.1. The Labute approximate surface area is 90.9 Å². The number of aromatic carboxylic acids is 1. The quantitative estimate of drug-likeness (QED) is 0.849. The first-order chi connectivity index (χ1) is 7.15. The Balaban J connectivity index is 2.84. The summed E-state index contributed by atoms with van der Waals surface area (Å²) in [5, 5.41) is 9.89. The number of fused-ring (bicyclic) bond motifs is 1. The van der Waals surface area contributed by atoms with Crippen LogP contribution in [0.25, 0.3) is 10.1 Å². The molecular formula is C11H10O3S. The molecule has 1 aromatic carbocycles. The molecule has 0 radical (unpaired) electrons. The Hall–Kier alpha value is -1.55. The number of thiophene rings is 1. The first kappa shape index (κ1) is 9.98. The van der Waals surface area contributed by atoms with Gasteiger partial charge in [0.25, 0.3) is 0 Å². The fraction of sp³-hybridized carbons (Fsp3) is 0.182. The first-order valence-corrected chi connectivity index (χ1v) is 5.26. The molecule has 0 aliphatic carbocycles. The van der Waals surface area contributed by atoms with E-state index in [4.69, 9.17) is 9.84 Å². The Morgan fingerprint density at radius 1 is 1.47 bits per heavy atom. The van der Waals surface area contributed by atoms with E-state index in [1.54, 1.807) is 0 Å². The monoisotopic (exact) mass is 222 g/mol. The third kappa shape index (κ3) is 1.47. The Morgan fingerprint density at radius 3 is 2.80 bits per heavy atom. The van der Waals surface area contributed by atoms with E-state index in [-0.39, 0.29) is 4.88 Å². The van der Waals surface area contributed by atoms with Gasteiger partial charge in [0.05, 0.1) is 7.11 Å². The number of hydrogen-bond acceptors (Lipinski definition) is 3. The van der Waals surface area contributed by atoms with Crippen LogP contribution in [0.4, 0.5) is 0 Å². The Morgan fingerprint density at radius 2 is 2.20 bits per heavy atom. The molecule has 1 N–H and O–H groups in total. The van der Waals surface area contributed by atoms with Crippen molar-refractivity contribution < 1.29 is 14.6 Å². The third-order valence-electron chi connectivity index (χ3n) is 2.27. The summed E-state index contributed by atoms with van der Waals surface area (Å²) >= 11 is 1.26. The Bertz CT molecular complexity index is 528. The van der Waals surface area contributed by atoms with Crippen molar-refractivity contribution in [2.45, 2.75) is 6.92 Å². The molecule has 78 valence electrons. The highest BCUT2D eigenvalue weighted by molar-refractivity contribution is 7.21. The standard InChI is InChI=1S/C11H10O3S/c1-6-4-3-5-7-8(14-2)10(11(12)13)15-9(6)7/h3-5H,1-2H3,(H,12,13). The molecule has 0 bridgehead atoms. The van der Waals surface area contributed by atoms with Crippen molar-refractivity contribution in [3.63, 3.8) is 0 Å². The fourth-order valence-corrected chi connectivity index (χ4v) is 2.66. The summed E-state index contributed by atoms with van der Waals surface area (Å²) in [6.07, 6.45) is 0. The molecule has 0 saturated carbocycles. The molecule has 1 heterocycles. The molecule has 0 aliphatic rings. The van der Waals surface area contributed by atoms with E-state index in [0.29, 0.717) is 5.75 Å². The maximum Gasteiger partial charge on any atom is 0.349 e. The first-order valence-electron chi connectivity index (χ1n) is 4.44. The predicted octanol–water partition coefficient (Wildman–Crippen LogP) is 2.92. The van der Waals surface area contributed by atoms with E-state index < -0.39 is 5.97 Å². The average Bonchev–Trinajstić information content (AvgIpc) is 2.57. The van der Waals surface area contributed by atoms with Crippen LogP contribution >= 0.6 is 11.3 Å². The lowest BCUT2D eigenvalue weighted by Gasteiger charge is -1.99. The number of methoxy groups -OCH3 is 1. The topological polar surface area (TPSA) is 46.5 Å². The van der Waals surface area contributed by atoms with Crippen LogP contribution in [0.15, 0.2) is 18.2 Å². The lowest BCUT2D eigenvalue weighted by molar-refractivity contribution is 0.0699. The predicted molar refractivity (Wildman–Crippen MR) is 60.1 cm³/mol. The van der Waals surface area contributed by atoms with Crippen LogP contribution in [0.1, 0.15) is 15.2 Å². The number of ether oxygens (including phenoxy) is 1. The van der Waals surface area contributed by atoms with Gasteiger partial charge in [0.2, 0.25) is 0 Å². The van der Waals surface area contributed by atoms with Crippen LogP contribution in [0.3, 0.4) is 0 Å². The van der Waals surface area contributed by atoms with E-state index in [1.165, 1.54) is 18.4 Å². The third-order valence-corrected chi connectivity index (χ3v) is 3.58. The molecule has 0 atom stereocenters. The van der Waals surface area contributed by atoms with E-state index >= 15 is 0 Å².